The lowest BCUT2D eigenvalue weighted by Gasteiger charge is -2.12. The number of hydrogen-bond acceptors (Lipinski definition) is 3. The summed E-state index contributed by atoms with van der Waals surface area (Å²) in [6, 6.07) is 0.711. The molecule has 2 unspecified atom stereocenters. The maximum absolute atomic E-state index is 5.32. The number of thioether (sulfide) groups is 1. The third-order valence-electron chi connectivity index (χ3n) is 2.60. The molecule has 78 valence electrons. The van der Waals surface area contributed by atoms with Crippen LogP contribution >= 0.6 is 11.8 Å². The van der Waals surface area contributed by atoms with Crippen LogP contribution in [0.15, 0.2) is 0 Å². The van der Waals surface area contributed by atoms with Crippen molar-refractivity contribution < 1.29 is 4.74 Å². The molecule has 1 saturated carbocycles. The summed E-state index contributed by atoms with van der Waals surface area (Å²) in [6.07, 6.45) is 4.23. The Labute approximate surface area is 85.8 Å². The summed E-state index contributed by atoms with van der Waals surface area (Å²) in [5.41, 5.74) is 0. The third-order valence-corrected chi connectivity index (χ3v) is 3.50. The van der Waals surface area contributed by atoms with Crippen LogP contribution in [-0.4, -0.2) is 37.3 Å². The lowest BCUT2D eigenvalue weighted by Crippen LogP contribution is -2.29. The maximum atomic E-state index is 5.32. The van der Waals surface area contributed by atoms with Crippen molar-refractivity contribution in [2.24, 2.45) is 0 Å². The molecule has 1 N–H and O–H groups in total. The Hall–Kier alpha value is 0.270. The molecule has 0 radical (unpaired) electrons. The van der Waals surface area contributed by atoms with Crippen LogP contribution in [0.4, 0.5) is 0 Å². The first-order valence-electron chi connectivity index (χ1n) is 5.20. The van der Waals surface area contributed by atoms with Gasteiger partial charge in [-0.3, -0.25) is 0 Å². The Morgan fingerprint density at radius 1 is 1.46 bits per heavy atom. The van der Waals surface area contributed by atoms with Gasteiger partial charge in [0.05, 0.1) is 6.10 Å². The van der Waals surface area contributed by atoms with E-state index in [4.69, 9.17) is 4.74 Å². The lowest BCUT2D eigenvalue weighted by atomic mass is 10.2. The Kier molecular flexibility index (Phi) is 5.83. The number of nitrogens with one attached hydrogen (secondary N) is 1. The summed E-state index contributed by atoms with van der Waals surface area (Å²) in [4.78, 5) is 0. The van der Waals surface area contributed by atoms with Crippen LogP contribution in [0.2, 0.25) is 0 Å². The zero-order valence-corrected chi connectivity index (χ0v) is 9.53. The van der Waals surface area contributed by atoms with Crippen molar-refractivity contribution in [3.8, 4) is 0 Å². The van der Waals surface area contributed by atoms with Crippen molar-refractivity contribution in [3.63, 3.8) is 0 Å². The van der Waals surface area contributed by atoms with E-state index in [1.54, 1.807) is 0 Å². The normalized spacial score (nSPS) is 28.2. The van der Waals surface area contributed by atoms with E-state index in [0.29, 0.717) is 12.1 Å². The van der Waals surface area contributed by atoms with E-state index in [-0.39, 0.29) is 0 Å². The molecule has 1 rings (SSSR count). The minimum Gasteiger partial charge on any atom is -0.381 e. The number of methoxy groups -OCH3 is 1. The zero-order valence-electron chi connectivity index (χ0n) is 8.71. The number of ether oxygens (including phenoxy) is 1. The van der Waals surface area contributed by atoms with Gasteiger partial charge in [0.1, 0.15) is 0 Å². The molecule has 0 saturated heterocycles. The van der Waals surface area contributed by atoms with Crippen LogP contribution in [0.25, 0.3) is 0 Å². The molecule has 0 heterocycles. The highest BCUT2D eigenvalue weighted by Gasteiger charge is 2.23. The fourth-order valence-corrected chi connectivity index (χ4v) is 2.37. The smallest absolute Gasteiger partial charge is 0.0586 e. The van der Waals surface area contributed by atoms with Crippen LogP contribution in [0, 0.1) is 0 Å². The molecule has 0 bridgehead atoms. The molecule has 0 aromatic rings. The van der Waals surface area contributed by atoms with Gasteiger partial charge in [-0.25, -0.2) is 0 Å². The average molecular weight is 203 g/mol. The van der Waals surface area contributed by atoms with E-state index >= 15 is 0 Å². The molecule has 0 amide bonds. The minimum absolute atomic E-state index is 0.510. The van der Waals surface area contributed by atoms with E-state index in [1.807, 2.05) is 18.9 Å². The summed E-state index contributed by atoms with van der Waals surface area (Å²) < 4.78 is 5.32. The summed E-state index contributed by atoms with van der Waals surface area (Å²) in [5.74, 6) is 2.47. The molecule has 1 fully saturated rings. The van der Waals surface area contributed by atoms with Gasteiger partial charge < -0.3 is 10.1 Å². The molecule has 0 spiro atoms. The monoisotopic (exact) mass is 203 g/mol. The molecule has 0 aliphatic heterocycles. The first-order chi connectivity index (χ1) is 6.36. The molecule has 2 atom stereocenters. The van der Waals surface area contributed by atoms with Gasteiger partial charge in [-0.2, -0.15) is 11.8 Å². The van der Waals surface area contributed by atoms with E-state index in [9.17, 15) is 0 Å². The van der Waals surface area contributed by atoms with Gasteiger partial charge in [-0.05, 0) is 25.0 Å². The second kappa shape index (κ2) is 6.68. The summed E-state index contributed by atoms with van der Waals surface area (Å²) in [5, 5.41) is 3.58. The van der Waals surface area contributed by atoms with Crippen molar-refractivity contribution in [1.29, 1.82) is 0 Å². The molecule has 13 heavy (non-hydrogen) atoms. The summed E-state index contributed by atoms with van der Waals surface area (Å²) >= 11 is 2.00. The molecule has 3 heteroatoms. The number of rotatable bonds is 6. The van der Waals surface area contributed by atoms with Crippen LogP contribution in [0.3, 0.4) is 0 Å². The molecule has 0 aromatic carbocycles. The summed E-state index contributed by atoms with van der Waals surface area (Å²) in [6.45, 7) is 3.36. The third kappa shape index (κ3) is 4.34. The maximum Gasteiger partial charge on any atom is 0.0586 e. The second-order valence-corrected chi connectivity index (χ2v) is 4.91. The topological polar surface area (TPSA) is 21.3 Å². The first-order valence-corrected chi connectivity index (χ1v) is 6.36. The molecule has 1 aliphatic rings. The highest BCUT2D eigenvalue weighted by atomic mass is 32.2. The Morgan fingerprint density at radius 3 is 2.92 bits per heavy atom. The minimum atomic E-state index is 0.510. The summed E-state index contributed by atoms with van der Waals surface area (Å²) in [7, 11) is 1.82. The number of hydrogen-bond donors (Lipinski definition) is 1. The Morgan fingerprint density at radius 2 is 2.31 bits per heavy atom. The fourth-order valence-electron chi connectivity index (χ4n) is 1.82. The second-order valence-electron chi connectivity index (χ2n) is 3.52. The van der Waals surface area contributed by atoms with E-state index in [0.717, 1.165) is 6.54 Å². The van der Waals surface area contributed by atoms with E-state index < -0.39 is 0 Å². The molecule has 2 nitrogen and oxygen atoms in total. The highest BCUT2D eigenvalue weighted by molar-refractivity contribution is 7.99. The standard InChI is InChI=1S/C10H21NOS/c1-3-13-7-6-11-9-4-5-10(8-9)12-2/h9-11H,3-8H2,1-2H3. The Bertz CT molecular complexity index is 132. The van der Waals surface area contributed by atoms with Crippen molar-refractivity contribution >= 4 is 11.8 Å². The molecule has 0 aromatic heterocycles. The van der Waals surface area contributed by atoms with E-state index in [2.05, 4.69) is 12.2 Å². The van der Waals surface area contributed by atoms with Crippen LogP contribution < -0.4 is 5.32 Å². The fraction of sp³-hybridized carbons (Fsp3) is 1.00. The van der Waals surface area contributed by atoms with Gasteiger partial charge in [0, 0.05) is 25.4 Å². The quantitative estimate of drug-likeness (QED) is 0.666. The predicted molar refractivity (Wildman–Crippen MR) is 59.4 cm³/mol. The lowest BCUT2D eigenvalue weighted by molar-refractivity contribution is 0.107. The van der Waals surface area contributed by atoms with Crippen molar-refractivity contribution in [2.45, 2.75) is 38.3 Å². The first kappa shape index (κ1) is 11.3. The van der Waals surface area contributed by atoms with Gasteiger partial charge in [0.15, 0.2) is 0 Å². The van der Waals surface area contributed by atoms with Gasteiger partial charge in [0.2, 0.25) is 0 Å². The largest absolute Gasteiger partial charge is 0.381 e. The van der Waals surface area contributed by atoms with Crippen molar-refractivity contribution in [3.05, 3.63) is 0 Å². The SMILES string of the molecule is CCSCCNC1CCC(OC)C1. The average Bonchev–Trinajstić information content (AvgIpc) is 2.60. The van der Waals surface area contributed by atoms with Gasteiger partial charge in [0.25, 0.3) is 0 Å². The molecule has 1 aliphatic carbocycles. The zero-order chi connectivity index (χ0) is 9.52. The Balaban J connectivity index is 1.97. The van der Waals surface area contributed by atoms with E-state index in [1.165, 1.54) is 30.8 Å². The van der Waals surface area contributed by atoms with Gasteiger partial charge >= 0.3 is 0 Å². The van der Waals surface area contributed by atoms with Gasteiger partial charge in [-0.1, -0.05) is 6.92 Å². The molecular weight excluding hydrogens is 182 g/mol. The van der Waals surface area contributed by atoms with Crippen LogP contribution in [0.5, 0.6) is 0 Å². The molecular formula is C10H21NOS. The van der Waals surface area contributed by atoms with Gasteiger partial charge in [-0.15, -0.1) is 0 Å². The highest BCUT2D eigenvalue weighted by Crippen LogP contribution is 2.21. The van der Waals surface area contributed by atoms with Crippen LogP contribution in [0.1, 0.15) is 26.2 Å². The van der Waals surface area contributed by atoms with Crippen molar-refractivity contribution in [2.75, 3.05) is 25.2 Å². The van der Waals surface area contributed by atoms with Crippen LogP contribution in [-0.2, 0) is 4.74 Å². The van der Waals surface area contributed by atoms with Crippen molar-refractivity contribution in [1.82, 2.24) is 5.32 Å². The predicted octanol–water partition coefficient (Wildman–Crippen LogP) is 1.90.